The summed E-state index contributed by atoms with van der Waals surface area (Å²) in [7, 11) is 0. The highest BCUT2D eigenvalue weighted by Gasteiger charge is 2.48. The van der Waals surface area contributed by atoms with E-state index < -0.39 is 0 Å². The summed E-state index contributed by atoms with van der Waals surface area (Å²) < 4.78 is 12.2. The van der Waals surface area contributed by atoms with Crippen LogP contribution in [0.2, 0.25) is 0 Å². The fraction of sp³-hybridized carbons (Fsp3) is 0.529. The first-order chi connectivity index (χ1) is 11.2. The molecular formula is C17H21N3O2S. The number of aryl methyl sites for hydroxylation is 1. The number of pyridine rings is 1. The Labute approximate surface area is 140 Å². The standard InChI is InChI=1S/C17H21N3O2S/c1-13-10-23-16(19-13)9-20-11-17(12-20)7-14(4-6-21-17)22-15-3-2-5-18-8-15/h2-3,5,8,10,14H,4,6-7,9,11-12H2,1H3/t14-/m1/s1. The first kappa shape index (κ1) is 15.1. The van der Waals surface area contributed by atoms with Crippen molar-refractivity contribution >= 4 is 11.3 Å². The van der Waals surface area contributed by atoms with Crippen molar-refractivity contribution in [2.24, 2.45) is 0 Å². The van der Waals surface area contributed by atoms with E-state index in [2.05, 4.69) is 20.2 Å². The van der Waals surface area contributed by atoms with E-state index in [1.165, 1.54) is 5.01 Å². The van der Waals surface area contributed by atoms with Gasteiger partial charge in [-0.15, -0.1) is 11.3 Å². The predicted molar refractivity (Wildman–Crippen MR) is 88.7 cm³/mol. The lowest BCUT2D eigenvalue weighted by molar-refractivity contribution is -0.188. The Kier molecular flexibility index (Phi) is 4.05. The molecule has 1 spiro atoms. The molecule has 0 amide bonds. The topological polar surface area (TPSA) is 47.5 Å². The van der Waals surface area contributed by atoms with E-state index >= 15 is 0 Å². The Morgan fingerprint density at radius 3 is 3.13 bits per heavy atom. The number of hydrogen-bond donors (Lipinski definition) is 0. The first-order valence-electron chi connectivity index (χ1n) is 8.05. The molecule has 0 saturated carbocycles. The lowest BCUT2D eigenvalue weighted by Crippen LogP contribution is -2.65. The van der Waals surface area contributed by atoms with E-state index in [1.54, 1.807) is 23.7 Å². The number of rotatable bonds is 4. The molecular weight excluding hydrogens is 310 g/mol. The lowest BCUT2D eigenvalue weighted by atomic mass is 9.84. The molecule has 4 heterocycles. The van der Waals surface area contributed by atoms with E-state index in [1.807, 2.05) is 19.1 Å². The van der Waals surface area contributed by atoms with Crippen LogP contribution in [0, 0.1) is 6.92 Å². The van der Waals surface area contributed by atoms with Gasteiger partial charge in [0.05, 0.1) is 24.9 Å². The van der Waals surface area contributed by atoms with Crippen molar-refractivity contribution in [2.45, 2.75) is 38.0 Å². The van der Waals surface area contributed by atoms with Gasteiger partial charge < -0.3 is 9.47 Å². The van der Waals surface area contributed by atoms with Gasteiger partial charge in [0.25, 0.3) is 0 Å². The third kappa shape index (κ3) is 3.39. The highest BCUT2D eigenvalue weighted by Crippen LogP contribution is 2.36. The Morgan fingerprint density at radius 1 is 1.48 bits per heavy atom. The summed E-state index contributed by atoms with van der Waals surface area (Å²) in [6, 6.07) is 3.87. The molecule has 1 atom stereocenters. The van der Waals surface area contributed by atoms with Crippen LogP contribution in [-0.2, 0) is 11.3 Å². The van der Waals surface area contributed by atoms with Gasteiger partial charge in [-0.05, 0) is 19.1 Å². The van der Waals surface area contributed by atoms with Gasteiger partial charge in [-0.1, -0.05) is 0 Å². The predicted octanol–water partition coefficient (Wildman–Crippen LogP) is 2.66. The molecule has 2 aromatic rings. The maximum atomic E-state index is 6.09. The Balaban J connectivity index is 1.32. The van der Waals surface area contributed by atoms with Crippen LogP contribution in [0.5, 0.6) is 5.75 Å². The van der Waals surface area contributed by atoms with Crippen LogP contribution in [0.25, 0.3) is 0 Å². The smallest absolute Gasteiger partial charge is 0.138 e. The highest BCUT2D eigenvalue weighted by molar-refractivity contribution is 7.09. The van der Waals surface area contributed by atoms with Gasteiger partial charge in [0.1, 0.15) is 16.9 Å². The normalized spacial score (nSPS) is 23.6. The molecule has 122 valence electrons. The molecule has 2 aliphatic rings. The first-order valence-corrected chi connectivity index (χ1v) is 8.93. The quantitative estimate of drug-likeness (QED) is 0.862. The van der Waals surface area contributed by atoms with Gasteiger partial charge in [0, 0.05) is 43.2 Å². The molecule has 2 saturated heterocycles. The molecule has 5 nitrogen and oxygen atoms in total. The van der Waals surface area contributed by atoms with E-state index in [0.29, 0.717) is 0 Å². The molecule has 0 aliphatic carbocycles. The lowest BCUT2D eigenvalue weighted by Gasteiger charge is -2.52. The number of aromatic nitrogens is 2. The van der Waals surface area contributed by atoms with Crippen LogP contribution >= 0.6 is 11.3 Å². The van der Waals surface area contributed by atoms with E-state index in [9.17, 15) is 0 Å². The molecule has 0 unspecified atom stereocenters. The third-order valence-electron chi connectivity index (χ3n) is 4.43. The van der Waals surface area contributed by atoms with Crippen LogP contribution in [0.15, 0.2) is 29.9 Å². The van der Waals surface area contributed by atoms with Gasteiger partial charge >= 0.3 is 0 Å². The van der Waals surface area contributed by atoms with Crippen LogP contribution in [0.4, 0.5) is 0 Å². The Morgan fingerprint density at radius 2 is 2.39 bits per heavy atom. The number of nitrogens with zero attached hydrogens (tertiary/aromatic N) is 3. The van der Waals surface area contributed by atoms with Crippen LogP contribution in [-0.4, -0.2) is 46.3 Å². The fourth-order valence-electron chi connectivity index (χ4n) is 3.46. The average Bonchev–Trinajstić information content (AvgIpc) is 2.92. The minimum absolute atomic E-state index is 0.0303. The second kappa shape index (κ2) is 6.19. The van der Waals surface area contributed by atoms with Gasteiger partial charge in [0.2, 0.25) is 0 Å². The summed E-state index contributed by atoms with van der Waals surface area (Å²) in [5.41, 5.74) is 1.08. The third-order valence-corrected chi connectivity index (χ3v) is 5.39. The zero-order valence-electron chi connectivity index (χ0n) is 13.3. The molecule has 0 N–H and O–H groups in total. The summed E-state index contributed by atoms with van der Waals surface area (Å²) in [6.45, 7) is 5.69. The minimum atomic E-state index is -0.0303. The molecule has 4 rings (SSSR count). The van der Waals surface area contributed by atoms with Gasteiger partial charge in [-0.25, -0.2) is 4.98 Å². The zero-order valence-corrected chi connectivity index (χ0v) is 14.1. The van der Waals surface area contributed by atoms with Crippen LogP contribution in [0.1, 0.15) is 23.5 Å². The van der Waals surface area contributed by atoms with Crippen molar-refractivity contribution in [3.8, 4) is 5.75 Å². The summed E-state index contributed by atoms with van der Waals surface area (Å²) in [6.07, 6.45) is 5.66. The van der Waals surface area contributed by atoms with Gasteiger partial charge in [-0.2, -0.15) is 0 Å². The number of likely N-dealkylation sites (tertiary alicyclic amines) is 1. The molecule has 23 heavy (non-hydrogen) atoms. The van der Waals surface area contributed by atoms with E-state index in [-0.39, 0.29) is 11.7 Å². The molecule has 0 aromatic carbocycles. The summed E-state index contributed by atoms with van der Waals surface area (Å²) in [4.78, 5) is 11.1. The van der Waals surface area contributed by atoms with E-state index in [0.717, 1.165) is 50.5 Å². The summed E-state index contributed by atoms with van der Waals surface area (Å²) >= 11 is 1.74. The molecule has 2 aromatic heterocycles. The van der Waals surface area contributed by atoms with E-state index in [4.69, 9.17) is 9.47 Å². The monoisotopic (exact) mass is 331 g/mol. The summed E-state index contributed by atoms with van der Waals surface area (Å²) in [5.74, 6) is 0.851. The van der Waals surface area contributed by atoms with Crippen LogP contribution in [0.3, 0.4) is 0 Å². The average molecular weight is 331 g/mol. The maximum absolute atomic E-state index is 6.09. The van der Waals surface area contributed by atoms with Crippen molar-refractivity contribution in [1.82, 2.24) is 14.9 Å². The zero-order chi connectivity index (χ0) is 15.7. The molecule has 2 aliphatic heterocycles. The Bertz CT molecular complexity index is 655. The Hall–Kier alpha value is -1.50. The maximum Gasteiger partial charge on any atom is 0.138 e. The molecule has 2 fully saturated rings. The number of hydrogen-bond acceptors (Lipinski definition) is 6. The van der Waals surface area contributed by atoms with Crippen molar-refractivity contribution in [3.63, 3.8) is 0 Å². The second-order valence-corrected chi connectivity index (χ2v) is 7.42. The van der Waals surface area contributed by atoms with Crippen molar-refractivity contribution in [3.05, 3.63) is 40.6 Å². The highest BCUT2D eigenvalue weighted by atomic mass is 32.1. The SMILES string of the molecule is Cc1csc(CN2CC3(C[C@H](Oc4cccnc4)CCO3)C2)n1. The largest absolute Gasteiger partial charge is 0.489 e. The molecule has 0 bridgehead atoms. The second-order valence-electron chi connectivity index (χ2n) is 6.48. The minimum Gasteiger partial charge on any atom is -0.489 e. The molecule has 6 heteroatoms. The van der Waals surface area contributed by atoms with Crippen LogP contribution < -0.4 is 4.74 Å². The van der Waals surface area contributed by atoms with Gasteiger partial charge in [0.15, 0.2) is 0 Å². The number of ether oxygens (including phenoxy) is 2. The fourth-order valence-corrected chi connectivity index (χ4v) is 4.27. The molecule has 0 radical (unpaired) electrons. The van der Waals surface area contributed by atoms with Gasteiger partial charge in [-0.3, -0.25) is 9.88 Å². The van der Waals surface area contributed by atoms with Crippen molar-refractivity contribution in [2.75, 3.05) is 19.7 Å². The van der Waals surface area contributed by atoms with Crippen molar-refractivity contribution in [1.29, 1.82) is 0 Å². The summed E-state index contributed by atoms with van der Waals surface area (Å²) in [5, 5.41) is 3.30. The number of thiazole rings is 1. The van der Waals surface area contributed by atoms with Crippen molar-refractivity contribution < 1.29 is 9.47 Å².